The summed E-state index contributed by atoms with van der Waals surface area (Å²) in [4.78, 5) is 0. The minimum absolute atomic E-state index is 0.325. The molecule has 1 heterocycles. The lowest BCUT2D eigenvalue weighted by atomic mass is 10.2. The maximum atomic E-state index is 12.7. The zero-order chi connectivity index (χ0) is 9.26. The number of rotatable bonds is 2. The van der Waals surface area contributed by atoms with E-state index in [2.05, 4.69) is 11.7 Å². The van der Waals surface area contributed by atoms with Crippen molar-refractivity contribution in [2.45, 2.75) is 0 Å². The Kier molecular flexibility index (Phi) is 1.85. The summed E-state index contributed by atoms with van der Waals surface area (Å²) in [7, 11) is 0. The number of hydrogen-bond donors (Lipinski definition) is 0. The summed E-state index contributed by atoms with van der Waals surface area (Å²) in [5.41, 5.74) is 1.12. The van der Waals surface area contributed by atoms with Gasteiger partial charge in [0.1, 0.15) is 5.82 Å². The predicted octanol–water partition coefficient (Wildman–Crippen LogP) is 2.71. The van der Waals surface area contributed by atoms with Gasteiger partial charge in [0, 0.05) is 17.9 Å². The lowest BCUT2D eigenvalue weighted by Gasteiger charge is -1.88. The molecule has 65 valence electrons. The molecule has 2 rings (SSSR count). The van der Waals surface area contributed by atoms with E-state index in [0.717, 1.165) is 5.39 Å². The van der Waals surface area contributed by atoms with E-state index in [4.69, 9.17) is 4.52 Å². The molecule has 0 spiro atoms. The van der Waals surface area contributed by atoms with E-state index >= 15 is 0 Å². The molecule has 2 aromatic rings. The van der Waals surface area contributed by atoms with Crippen LogP contribution in [0.3, 0.4) is 0 Å². The first-order chi connectivity index (χ1) is 6.31. The van der Waals surface area contributed by atoms with Crippen LogP contribution >= 0.6 is 0 Å². The van der Waals surface area contributed by atoms with Crippen molar-refractivity contribution < 1.29 is 8.91 Å². The van der Waals surface area contributed by atoms with Crippen LogP contribution in [-0.2, 0) is 0 Å². The zero-order valence-electron chi connectivity index (χ0n) is 6.83. The molecule has 0 aliphatic rings. The van der Waals surface area contributed by atoms with Crippen LogP contribution in [0.1, 0.15) is 5.69 Å². The van der Waals surface area contributed by atoms with E-state index in [1.807, 2.05) is 0 Å². The predicted molar refractivity (Wildman–Crippen MR) is 47.6 cm³/mol. The van der Waals surface area contributed by atoms with Crippen molar-refractivity contribution in [3.8, 4) is 0 Å². The van der Waals surface area contributed by atoms with Gasteiger partial charge in [-0.1, -0.05) is 11.2 Å². The summed E-state index contributed by atoms with van der Waals surface area (Å²) >= 11 is 0. The van der Waals surface area contributed by atoms with Gasteiger partial charge in [-0.15, -0.1) is 6.58 Å². The summed E-state index contributed by atoms with van der Waals surface area (Å²) < 4.78 is 17.6. The van der Waals surface area contributed by atoms with E-state index in [9.17, 15) is 4.39 Å². The first kappa shape index (κ1) is 7.98. The van der Waals surface area contributed by atoms with E-state index in [0.29, 0.717) is 11.3 Å². The number of allylic oxidation sites excluding steroid dienone is 1. The lowest BCUT2D eigenvalue weighted by molar-refractivity contribution is 0.450. The van der Waals surface area contributed by atoms with E-state index in [1.54, 1.807) is 18.6 Å². The van der Waals surface area contributed by atoms with E-state index in [1.165, 1.54) is 12.1 Å². The number of benzene rings is 1. The average molecular weight is 176 g/mol. The van der Waals surface area contributed by atoms with E-state index < -0.39 is 0 Å². The Morgan fingerprint density at radius 1 is 1.46 bits per heavy atom. The Bertz CT molecular complexity index is 447. The summed E-state index contributed by atoms with van der Waals surface area (Å²) in [6.07, 6.45) is 3.32. The third-order valence-electron chi connectivity index (χ3n) is 1.74. The highest BCUT2D eigenvalue weighted by Gasteiger charge is 2.06. The van der Waals surface area contributed by atoms with Gasteiger partial charge in [0.15, 0.2) is 5.58 Å². The molecule has 0 amide bonds. The average Bonchev–Trinajstić information content (AvgIpc) is 2.49. The fourth-order valence-electron chi connectivity index (χ4n) is 1.16. The van der Waals surface area contributed by atoms with Crippen LogP contribution in [0.25, 0.3) is 11.0 Å². The number of aromatic nitrogens is 1. The molecule has 0 fully saturated rings. The van der Waals surface area contributed by atoms with Gasteiger partial charge in [-0.05, 0) is 12.1 Å². The summed E-state index contributed by atoms with van der Waals surface area (Å²) in [6, 6.07) is 4.32. The topological polar surface area (TPSA) is 26.0 Å². The zero-order valence-corrected chi connectivity index (χ0v) is 6.83. The van der Waals surface area contributed by atoms with Gasteiger partial charge in [0.05, 0.1) is 5.69 Å². The Labute approximate surface area is 74.6 Å². The van der Waals surface area contributed by atoms with Crippen molar-refractivity contribution in [1.82, 2.24) is 5.16 Å². The summed E-state index contributed by atoms with van der Waals surface area (Å²) in [6.45, 7) is 3.55. The smallest absolute Gasteiger partial charge is 0.170 e. The minimum atomic E-state index is -0.325. The number of halogens is 1. The maximum Gasteiger partial charge on any atom is 0.170 e. The largest absolute Gasteiger partial charge is 0.356 e. The number of nitrogens with zero attached hydrogens (tertiary/aromatic N) is 1. The molecule has 13 heavy (non-hydrogen) atoms. The molecule has 0 unspecified atom stereocenters. The van der Waals surface area contributed by atoms with Crippen LogP contribution in [0.15, 0.2) is 35.4 Å². The molecule has 3 heteroatoms. The minimum Gasteiger partial charge on any atom is -0.356 e. The molecule has 2 nitrogen and oxygen atoms in total. The van der Waals surface area contributed by atoms with Crippen molar-refractivity contribution in [1.29, 1.82) is 0 Å². The van der Waals surface area contributed by atoms with Crippen LogP contribution in [-0.4, -0.2) is 5.16 Å². The van der Waals surface area contributed by atoms with Crippen LogP contribution in [0.4, 0.5) is 4.39 Å². The van der Waals surface area contributed by atoms with Gasteiger partial charge in [-0.2, -0.15) is 0 Å². The normalized spacial score (nSPS) is 10.5. The molecular formula is C10H7FNO. The lowest BCUT2D eigenvalue weighted by Crippen LogP contribution is -1.77. The molecule has 0 bridgehead atoms. The highest BCUT2D eigenvalue weighted by atomic mass is 19.1. The molecule has 0 atom stereocenters. The molecular weight excluding hydrogens is 169 g/mol. The number of hydrogen-bond acceptors (Lipinski definition) is 2. The molecule has 0 aliphatic heterocycles. The van der Waals surface area contributed by atoms with E-state index in [-0.39, 0.29) is 5.82 Å². The highest BCUT2D eigenvalue weighted by molar-refractivity contribution is 5.80. The van der Waals surface area contributed by atoms with Crippen molar-refractivity contribution >= 4 is 11.0 Å². The fraction of sp³-hybridized carbons (Fsp3) is 0. The maximum absolute atomic E-state index is 12.7. The molecule has 1 radical (unpaired) electrons. The second-order valence-corrected chi connectivity index (χ2v) is 2.61. The van der Waals surface area contributed by atoms with Gasteiger partial charge in [0.2, 0.25) is 0 Å². The Morgan fingerprint density at radius 2 is 2.31 bits per heavy atom. The third-order valence-corrected chi connectivity index (χ3v) is 1.74. The van der Waals surface area contributed by atoms with Crippen molar-refractivity contribution in [2.75, 3.05) is 0 Å². The quantitative estimate of drug-likeness (QED) is 0.703. The van der Waals surface area contributed by atoms with Crippen molar-refractivity contribution in [3.63, 3.8) is 0 Å². The van der Waals surface area contributed by atoms with Crippen molar-refractivity contribution in [2.24, 2.45) is 0 Å². The van der Waals surface area contributed by atoms with Crippen molar-refractivity contribution in [3.05, 3.63) is 48.8 Å². The summed E-state index contributed by atoms with van der Waals surface area (Å²) in [5.74, 6) is -0.325. The van der Waals surface area contributed by atoms with Gasteiger partial charge in [0.25, 0.3) is 0 Å². The SMILES string of the molecule is C=C[CH]c1noc2cc(F)ccc12. The fourth-order valence-corrected chi connectivity index (χ4v) is 1.16. The Balaban J connectivity index is 2.61. The Morgan fingerprint density at radius 3 is 3.08 bits per heavy atom. The molecule has 1 aromatic carbocycles. The highest BCUT2D eigenvalue weighted by Crippen LogP contribution is 2.20. The second-order valence-electron chi connectivity index (χ2n) is 2.61. The third kappa shape index (κ3) is 1.33. The first-order valence-electron chi connectivity index (χ1n) is 3.82. The summed E-state index contributed by atoms with van der Waals surface area (Å²) in [5, 5.41) is 4.55. The van der Waals surface area contributed by atoms with Gasteiger partial charge < -0.3 is 4.52 Å². The molecule has 1 aromatic heterocycles. The number of fused-ring (bicyclic) bond motifs is 1. The molecule has 0 saturated heterocycles. The molecule has 0 saturated carbocycles. The van der Waals surface area contributed by atoms with Crippen LogP contribution in [0, 0.1) is 12.2 Å². The Hall–Kier alpha value is -1.64. The van der Waals surface area contributed by atoms with Gasteiger partial charge in [-0.25, -0.2) is 4.39 Å². The first-order valence-corrected chi connectivity index (χ1v) is 3.82. The van der Waals surface area contributed by atoms with Crippen LogP contribution in [0.2, 0.25) is 0 Å². The molecule has 0 N–H and O–H groups in total. The van der Waals surface area contributed by atoms with Gasteiger partial charge >= 0.3 is 0 Å². The van der Waals surface area contributed by atoms with Crippen LogP contribution in [0.5, 0.6) is 0 Å². The van der Waals surface area contributed by atoms with Gasteiger partial charge in [-0.3, -0.25) is 0 Å². The van der Waals surface area contributed by atoms with Crippen LogP contribution < -0.4 is 0 Å². The second kappa shape index (κ2) is 3.01. The standard InChI is InChI=1S/C10H7FNO/c1-2-3-9-8-5-4-7(11)6-10(8)13-12-9/h2-6H,1H2. The molecule has 0 aliphatic carbocycles. The monoisotopic (exact) mass is 176 g/mol.